The number of nitrogens with zero attached hydrogens (tertiary/aromatic N) is 1. The molecule has 258 valence electrons. The number of aryl methyl sites for hydroxylation is 1. The van der Waals surface area contributed by atoms with Gasteiger partial charge in [0.1, 0.15) is 0 Å². The van der Waals surface area contributed by atoms with Crippen molar-refractivity contribution in [3.8, 4) is 22.4 Å². The lowest BCUT2D eigenvalue weighted by molar-refractivity contribution is -0.214. The zero-order chi connectivity index (χ0) is 33.7. The Kier molecular flexibility index (Phi) is 17.6. The van der Waals surface area contributed by atoms with E-state index in [2.05, 4.69) is 37.3 Å². The minimum absolute atomic E-state index is 0.0964. The minimum Gasteiger partial charge on any atom is -0.462 e. The number of hydrogen-bond acceptors (Lipinski definition) is 4. The van der Waals surface area contributed by atoms with E-state index in [0.29, 0.717) is 25.0 Å². The molecular formula is C40H54F3NO3. The lowest BCUT2D eigenvalue weighted by atomic mass is 10.0. The third kappa shape index (κ3) is 15.1. The molecule has 0 aliphatic carbocycles. The smallest absolute Gasteiger partial charge is 0.414 e. The highest BCUT2D eigenvalue weighted by molar-refractivity contribution is 5.90. The molecule has 0 spiro atoms. The summed E-state index contributed by atoms with van der Waals surface area (Å²) < 4.78 is 47.5. The van der Waals surface area contributed by atoms with Gasteiger partial charge in [-0.05, 0) is 61.9 Å². The van der Waals surface area contributed by atoms with E-state index in [1.807, 2.05) is 24.4 Å². The van der Waals surface area contributed by atoms with Crippen LogP contribution in [0.5, 0.6) is 0 Å². The standard InChI is InChI=1S/C40H54F3NO3/c1-3-4-5-6-7-8-9-10-12-15-18-33-19-21-35(22-20-33)38-28-27-37(31-44-38)34-23-25-36(26-24-34)39(45)47-30-17-14-11-13-16-29-46-32(2)40(41,42)43/h19-28,31-32H,3-18,29-30H2,1-2H3. The van der Waals surface area contributed by atoms with Gasteiger partial charge in [0.05, 0.1) is 17.9 Å². The van der Waals surface area contributed by atoms with Crippen LogP contribution in [-0.2, 0) is 15.9 Å². The molecule has 7 heteroatoms. The number of pyridine rings is 1. The lowest BCUT2D eigenvalue weighted by Gasteiger charge is -2.16. The molecule has 1 aromatic heterocycles. The molecule has 0 saturated carbocycles. The summed E-state index contributed by atoms with van der Waals surface area (Å²) in [6.45, 7) is 3.70. The Hall–Kier alpha value is -3.19. The molecule has 47 heavy (non-hydrogen) atoms. The number of carbonyl (C=O) groups excluding carboxylic acids is 1. The highest BCUT2D eigenvalue weighted by atomic mass is 19.4. The maximum absolute atomic E-state index is 12.4. The molecule has 1 heterocycles. The second-order valence-electron chi connectivity index (χ2n) is 12.6. The molecule has 1 unspecified atom stereocenters. The van der Waals surface area contributed by atoms with Crippen molar-refractivity contribution in [1.82, 2.24) is 4.98 Å². The number of esters is 1. The average molecular weight is 654 g/mol. The molecule has 4 nitrogen and oxygen atoms in total. The molecule has 3 aromatic rings. The molecular weight excluding hydrogens is 599 g/mol. The van der Waals surface area contributed by atoms with Gasteiger partial charge in [0.15, 0.2) is 6.10 Å². The first kappa shape index (κ1) is 38.3. The number of alkyl halides is 3. The van der Waals surface area contributed by atoms with Gasteiger partial charge in [0, 0.05) is 23.9 Å². The van der Waals surface area contributed by atoms with E-state index in [9.17, 15) is 18.0 Å². The number of rotatable bonds is 23. The van der Waals surface area contributed by atoms with E-state index < -0.39 is 12.3 Å². The van der Waals surface area contributed by atoms with E-state index in [1.165, 1.54) is 69.8 Å². The van der Waals surface area contributed by atoms with Crippen LogP contribution in [-0.4, -0.2) is 36.4 Å². The summed E-state index contributed by atoms with van der Waals surface area (Å²) in [5.41, 5.74) is 5.86. The summed E-state index contributed by atoms with van der Waals surface area (Å²) in [4.78, 5) is 17.1. The van der Waals surface area contributed by atoms with Gasteiger partial charge in [0.2, 0.25) is 0 Å². The van der Waals surface area contributed by atoms with Crippen molar-refractivity contribution in [1.29, 1.82) is 0 Å². The first-order valence-corrected chi connectivity index (χ1v) is 17.8. The molecule has 2 aromatic carbocycles. The number of hydrogen-bond donors (Lipinski definition) is 0. The third-order valence-corrected chi connectivity index (χ3v) is 8.64. The quantitative estimate of drug-likeness (QED) is 0.0755. The van der Waals surface area contributed by atoms with Gasteiger partial charge in [-0.25, -0.2) is 4.79 Å². The van der Waals surface area contributed by atoms with Crippen molar-refractivity contribution in [3.05, 3.63) is 78.0 Å². The summed E-state index contributed by atoms with van der Waals surface area (Å²) in [5.74, 6) is -0.365. The van der Waals surface area contributed by atoms with Crippen LogP contribution in [0.4, 0.5) is 13.2 Å². The van der Waals surface area contributed by atoms with Gasteiger partial charge in [-0.2, -0.15) is 13.2 Å². The molecule has 0 aliphatic rings. The van der Waals surface area contributed by atoms with E-state index in [0.717, 1.165) is 55.0 Å². The number of unbranched alkanes of at least 4 members (excludes halogenated alkanes) is 13. The molecule has 0 amide bonds. The molecule has 0 N–H and O–H groups in total. The third-order valence-electron chi connectivity index (χ3n) is 8.64. The van der Waals surface area contributed by atoms with Crippen LogP contribution in [0, 0.1) is 0 Å². The average Bonchev–Trinajstić information content (AvgIpc) is 3.08. The topological polar surface area (TPSA) is 48.4 Å². The fourth-order valence-corrected chi connectivity index (χ4v) is 5.53. The summed E-state index contributed by atoms with van der Waals surface area (Å²) in [7, 11) is 0. The highest BCUT2D eigenvalue weighted by Gasteiger charge is 2.36. The fraction of sp³-hybridized carbons (Fsp3) is 0.550. The number of ether oxygens (including phenoxy) is 2. The molecule has 0 fully saturated rings. The van der Waals surface area contributed by atoms with Crippen LogP contribution in [0.3, 0.4) is 0 Å². The molecule has 0 radical (unpaired) electrons. The zero-order valence-electron chi connectivity index (χ0n) is 28.5. The van der Waals surface area contributed by atoms with Crippen LogP contribution >= 0.6 is 0 Å². The number of aromatic nitrogens is 1. The maximum Gasteiger partial charge on any atom is 0.414 e. The predicted molar refractivity (Wildman–Crippen MR) is 185 cm³/mol. The van der Waals surface area contributed by atoms with Crippen molar-refractivity contribution in [3.63, 3.8) is 0 Å². The van der Waals surface area contributed by atoms with Crippen LogP contribution in [0.1, 0.15) is 126 Å². The van der Waals surface area contributed by atoms with Gasteiger partial charge in [-0.3, -0.25) is 4.98 Å². The van der Waals surface area contributed by atoms with E-state index in [1.54, 1.807) is 12.1 Å². The lowest BCUT2D eigenvalue weighted by Crippen LogP contribution is -2.28. The Morgan fingerprint density at radius 3 is 1.77 bits per heavy atom. The molecule has 1 atom stereocenters. The van der Waals surface area contributed by atoms with Crippen molar-refractivity contribution in [2.45, 2.75) is 129 Å². The van der Waals surface area contributed by atoms with E-state index >= 15 is 0 Å². The molecule has 0 aliphatic heterocycles. The van der Waals surface area contributed by atoms with Gasteiger partial charge >= 0.3 is 12.1 Å². The Morgan fingerprint density at radius 1 is 0.660 bits per heavy atom. The highest BCUT2D eigenvalue weighted by Crippen LogP contribution is 2.25. The SMILES string of the molecule is CCCCCCCCCCCCc1ccc(-c2ccc(-c3ccc(C(=O)OCCCCCCCOC(C)C(F)(F)F)cc3)cn2)cc1. The van der Waals surface area contributed by atoms with Crippen molar-refractivity contribution >= 4 is 5.97 Å². The summed E-state index contributed by atoms with van der Waals surface area (Å²) >= 11 is 0. The molecule has 0 saturated heterocycles. The Bertz CT molecular complexity index is 1260. The van der Waals surface area contributed by atoms with Crippen molar-refractivity contribution < 1.29 is 27.4 Å². The fourth-order valence-electron chi connectivity index (χ4n) is 5.53. The Balaban J connectivity index is 1.31. The largest absolute Gasteiger partial charge is 0.462 e. The van der Waals surface area contributed by atoms with Gasteiger partial charge in [0.25, 0.3) is 0 Å². The van der Waals surface area contributed by atoms with Crippen LogP contribution in [0.25, 0.3) is 22.4 Å². The number of halogens is 3. The van der Waals surface area contributed by atoms with Crippen LogP contribution in [0.15, 0.2) is 66.9 Å². The van der Waals surface area contributed by atoms with Gasteiger partial charge in [-0.1, -0.05) is 126 Å². The maximum atomic E-state index is 12.4. The van der Waals surface area contributed by atoms with Crippen molar-refractivity contribution in [2.24, 2.45) is 0 Å². The Morgan fingerprint density at radius 2 is 1.19 bits per heavy atom. The second kappa shape index (κ2) is 21.6. The van der Waals surface area contributed by atoms with E-state index in [-0.39, 0.29) is 12.6 Å². The Labute approximate surface area is 280 Å². The summed E-state index contributed by atoms with van der Waals surface area (Å²) in [5, 5.41) is 0. The zero-order valence-corrected chi connectivity index (χ0v) is 28.5. The first-order chi connectivity index (χ1) is 22.8. The van der Waals surface area contributed by atoms with Gasteiger partial charge < -0.3 is 9.47 Å². The second-order valence-corrected chi connectivity index (χ2v) is 12.6. The van der Waals surface area contributed by atoms with E-state index in [4.69, 9.17) is 14.5 Å². The van der Waals surface area contributed by atoms with Crippen molar-refractivity contribution in [2.75, 3.05) is 13.2 Å². The summed E-state index contributed by atoms with van der Waals surface area (Å²) in [6, 6.07) is 20.2. The minimum atomic E-state index is -4.31. The number of carbonyl (C=O) groups is 1. The van der Waals surface area contributed by atoms with Gasteiger partial charge in [-0.15, -0.1) is 0 Å². The predicted octanol–water partition coefficient (Wildman–Crippen LogP) is 12.0. The number of benzene rings is 2. The molecule has 0 bridgehead atoms. The summed E-state index contributed by atoms with van der Waals surface area (Å²) in [6.07, 6.45) is 14.3. The molecule has 3 rings (SSSR count). The monoisotopic (exact) mass is 653 g/mol. The first-order valence-electron chi connectivity index (χ1n) is 17.8. The van der Waals surface area contributed by atoms with Crippen LogP contribution in [0.2, 0.25) is 0 Å². The van der Waals surface area contributed by atoms with Crippen LogP contribution < -0.4 is 0 Å². The normalized spacial score (nSPS) is 12.3.